The molecule has 1 amide bonds. The molecule has 0 saturated carbocycles. The first-order chi connectivity index (χ1) is 9.55. The topological polar surface area (TPSA) is 70.6 Å². The van der Waals surface area contributed by atoms with Crippen molar-refractivity contribution in [1.82, 2.24) is 10.6 Å². The zero-order valence-electron chi connectivity index (χ0n) is 12.0. The lowest BCUT2D eigenvalue weighted by Crippen LogP contribution is -2.51. The largest absolute Gasteiger partial charge is 0.497 e. The fraction of sp³-hybridized carbons (Fsp3) is 0.533. The van der Waals surface area contributed by atoms with E-state index in [-0.39, 0.29) is 12.5 Å². The van der Waals surface area contributed by atoms with E-state index in [4.69, 9.17) is 4.74 Å². The van der Waals surface area contributed by atoms with Gasteiger partial charge in [0.2, 0.25) is 5.91 Å². The van der Waals surface area contributed by atoms with Gasteiger partial charge in [-0.1, -0.05) is 12.1 Å². The summed E-state index contributed by atoms with van der Waals surface area (Å²) in [5, 5.41) is 16.1. The van der Waals surface area contributed by atoms with E-state index in [2.05, 4.69) is 10.6 Å². The summed E-state index contributed by atoms with van der Waals surface area (Å²) in [6.45, 7) is 2.96. The minimum atomic E-state index is -0.737. The Kier molecular flexibility index (Phi) is 4.62. The fourth-order valence-electron chi connectivity index (χ4n) is 2.44. The highest BCUT2D eigenvalue weighted by molar-refractivity contribution is 5.86. The van der Waals surface area contributed by atoms with Gasteiger partial charge in [0.05, 0.1) is 18.8 Å². The number of carbonyl (C=O) groups excluding carboxylic acids is 1. The summed E-state index contributed by atoms with van der Waals surface area (Å²) in [4.78, 5) is 12.1. The smallest absolute Gasteiger partial charge is 0.240 e. The standard InChI is InChI=1S/C15H22N2O3/c1-15(7-4-8-17-15)14(19)16-10-13(18)11-5-3-6-12(9-11)20-2/h3,5-6,9,13,17-18H,4,7-8,10H2,1-2H3,(H,16,19). The van der Waals surface area contributed by atoms with Gasteiger partial charge in [-0.25, -0.2) is 0 Å². The van der Waals surface area contributed by atoms with Gasteiger partial charge in [0, 0.05) is 6.54 Å². The molecule has 2 rings (SSSR count). The van der Waals surface area contributed by atoms with Gasteiger partial charge in [0.15, 0.2) is 0 Å². The monoisotopic (exact) mass is 278 g/mol. The Balaban J connectivity index is 1.91. The van der Waals surface area contributed by atoms with Crippen LogP contribution in [0.3, 0.4) is 0 Å². The van der Waals surface area contributed by atoms with Gasteiger partial charge in [-0.2, -0.15) is 0 Å². The summed E-state index contributed by atoms with van der Waals surface area (Å²) in [7, 11) is 1.58. The third-order valence-electron chi connectivity index (χ3n) is 3.80. The van der Waals surface area contributed by atoms with E-state index in [1.807, 2.05) is 25.1 Å². The van der Waals surface area contributed by atoms with Crippen LogP contribution in [0.5, 0.6) is 5.75 Å². The molecular formula is C15H22N2O3. The Labute approximate surface area is 119 Å². The van der Waals surface area contributed by atoms with Gasteiger partial charge >= 0.3 is 0 Å². The third-order valence-corrected chi connectivity index (χ3v) is 3.80. The minimum absolute atomic E-state index is 0.0584. The first-order valence-corrected chi connectivity index (χ1v) is 6.90. The first kappa shape index (κ1) is 14.8. The predicted molar refractivity (Wildman–Crippen MR) is 76.6 cm³/mol. The van der Waals surface area contributed by atoms with Gasteiger partial charge in [-0.15, -0.1) is 0 Å². The molecule has 20 heavy (non-hydrogen) atoms. The molecule has 5 nitrogen and oxygen atoms in total. The van der Waals surface area contributed by atoms with Gasteiger partial charge in [0.25, 0.3) is 0 Å². The van der Waals surface area contributed by atoms with Crippen molar-refractivity contribution in [3.8, 4) is 5.75 Å². The second kappa shape index (κ2) is 6.24. The van der Waals surface area contributed by atoms with E-state index in [0.717, 1.165) is 24.9 Å². The Morgan fingerprint density at radius 3 is 3.05 bits per heavy atom. The molecule has 1 aliphatic rings. The summed E-state index contributed by atoms with van der Waals surface area (Å²) >= 11 is 0. The van der Waals surface area contributed by atoms with E-state index in [1.54, 1.807) is 13.2 Å². The molecule has 0 radical (unpaired) electrons. The van der Waals surface area contributed by atoms with Crippen LogP contribution in [0.4, 0.5) is 0 Å². The molecule has 1 aromatic carbocycles. The van der Waals surface area contributed by atoms with E-state index < -0.39 is 11.6 Å². The van der Waals surface area contributed by atoms with E-state index in [1.165, 1.54) is 0 Å². The van der Waals surface area contributed by atoms with Crippen LogP contribution in [0.25, 0.3) is 0 Å². The van der Waals surface area contributed by atoms with E-state index in [9.17, 15) is 9.90 Å². The highest BCUT2D eigenvalue weighted by atomic mass is 16.5. The molecule has 110 valence electrons. The van der Waals surface area contributed by atoms with Crippen LogP contribution in [0, 0.1) is 0 Å². The fourth-order valence-corrected chi connectivity index (χ4v) is 2.44. The zero-order chi connectivity index (χ0) is 14.6. The predicted octanol–water partition coefficient (Wildman–Crippen LogP) is 0.987. The number of rotatable bonds is 5. The minimum Gasteiger partial charge on any atom is -0.497 e. The number of benzene rings is 1. The maximum atomic E-state index is 12.1. The van der Waals surface area contributed by atoms with Crippen LogP contribution in [-0.4, -0.2) is 36.8 Å². The average Bonchev–Trinajstić information content (AvgIpc) is 2.92. The van der Waals surface area contributed by atoms with Crippen LogP contribution in [0.15, 0.2) is 24.3 Å². The molecule has 0 bridgehead atoms. The summed E-state index contributed by atoms with van der Waals surface area (Å²) in [5.74, 6) is 0.634. The number of nitrogens with one attached hydrogen (secondary N) is 2. The summed E-state index contributed by atoms with van der Waals surface area (Å²) in [5.41, 5.74) is 0.225. The molecule has 3 N–H and O–H groups in total. The van der Waals surface area contributed by atoms with Crippen LogP contribution < -0.4 is 15.4 Å². The van der Waals surface area contributed by atoms with Gasteiger partial charge in [-0.3, -0.25) is 4.79 Å². The van der Waals surface area contributed by atoms with E-state index in [0.29, 0.717) is 5.75 Å². The van der Waals surface area contributed by atoms with Gasteiger partial charge < -0.3 is 20.5 Å². The van der Waals surface area contributed by atoms with Crippen molar-refractivity contribution >= 4 is 5.91 Å². The summed E-state index contributed by atoms with van der Waals surface area (Å²) < 4.78 is 5.12. The van der Waals surface area contributed by atoms with Crippen LogP contribution in [-0.2, 0) is 4.79 Å². The quantitative estimate of drug-likeness (QED) is 0.751. The lowest BCUT2D eigenvalue weighted by atomic mass is 9.99. The van der Waals surface area contributed by atoms with Crippen molar-refractivity contribution in [2.45, 2.75) is 31.4 Å². The number of ether oxygens (including phenoxy) is 1. The molecule has 2 unspecified atom stereocenters. The summed E-state index contributed by atoms with van der Waals surface area (Å²) in [6.07, 6.45) is 1.09. The van der Waals surface area contributed by atoms with Crippen molar-refractivity contribution in [1.29, 1.82) is 0 Å². The summed E-state index contributed by atoms with van der Waals surface area (Å²) in [6, 6.07) is 7.22. The van der Waals surface area contributed by atoms with Crippen molar-refractivity contribution in [2.75, 3.05) is 20.2 Å². The maximum absolute atomic E-state index is 12.1. The lowest BCUT2D eigenvalue weighted by Gasteiger charge is -2.24. The van der Waals surface area contributed by atoms with Crippen molar-refractivity contribution in [3.63, 3.8) is 0 Å². The Hall–Kier alpha value is -1.59. The molecule has 1 saturated heterocycles. The molecule has 2 atom stereocenters. The molecule has 0 spiro atoms. The molecule has 1 aliphatic heterocycles. The molecule has 0 aliphatic carbocycles. The van der Waals surface area contributed by atoms with Crippen LogP contribution >= 0.6 is 0 Å². The van der Waals surface area contributed by atoms with Crippen molar-refractivity contribution in [2.24, 2.45) is 0 Å². The normalized spacial score (nSPS) is 23.4. The number of amides is 1. The number of methoxy groups -OCH3 is 1. The first-order valence-electron chi connectivity index (χ1n) is 6.90. The lowest BCUT2D eigenvalue weighted by molar-refractivity contribution is -0.127. The number of aliphatic hydroxyl groups is 1. The molecule has 1 heterocycles. The number of hydrogen-bond donors (Lipinski definition) is 3. The maximum Gasteiger partial charge on any atom is 0.240 e. The van der Waals surface area contributed by atoms with Crippen LogP contribution in [0.1, 0.15) is 31.4 Å². The van der Waals surface area contributed by atoms with E-state index >= 15 is 0 Å². The highest BCUT2D eigenvalue weighted by Crippen LogP contribution is 2.20. The molecular weight excluding hydrogens is 256 g/mol. The second-order valence-corrected chi connectivity index (χ2v) is 5.36. The number of carbonyl (C=O) groups is 1. The van der Waals surface area contributed by atoms with Crippen molar-refractivity contribution < 1.29 is 14.6 Å². The molecule has 1 fully saturated rings. The highest BCUT2D eigenvalue weighted by Gasteiger charge is 2.35. The number of aliphatic hydroxyl groups excluding tert-OH is 1. The number of hydrogen-bond acceptors (Lipinski definition) is 4. The average molecular weight is 278 g/mol. The SMILES string of the molecule is COc1cccc(C(O)CNC(=O)C2(C)CCCN2)c1. The Morgan fingerprint density at radius 1 is 1.60 bits per heavy atom. The second-order valence-electron chi connectivity index (χ2n) is 5.36. The third kappa shape index (κ3) is 3.29. The molecule has 1 aromatic rings. The molecule has 0 aromatic heterocycles. The Bertz CT molecular complexity index is 470. The molecule has 5 heteroatoms. The van der Waals surface area contributed by atoms with Gasteiger partial charge in [-0.05, 0) is 44.0 Å². The van der Waals surface area contributed by atoms with Crippen molar-refractivity contribution in [3.05, 3.63) is 29.8 Å². The zero-order valence-corrected chi connectivity index (χ0v) is 12.0. The Morgan fingerprint density at radius 2 is 2.40 bits per heavy atom. The van der Waals surface area contributed by atoms with Gasteiger partial charge in [0.1, 0.15) is 5.75 Å². The van der Waals surface area contributed by atoms with Crippen LogP contribution in [0.2, 0.25) is 0 Å².